The number of alkyl halides is 3. The van der Waals surface area contributed by atoms with Crippen LogP contribution in [0.15, 0.2) is 47.0 Å². The number of nitrogens with one attached hydrogen (secondary N) is 1. The normalized spacial score (nSPS) is 12.1. The molecule has 0 aliphatic carbocycles. The van der Waals surface area contributed by atoms with Gasteiger partial charge in [0, 0.05) is 11.5 Å². The Morgan fingerprint density at radius 3 is 2.17 bits per heavy atom. The molecule has 0 saturated heterocycles. The van der Waals surface area contributed by atoms with Crippen molar-refractivity contribution in [3.8, 4) is 11.4 Å². The van der Waals surface area contributed by atoms with E-state index in [1.54, 1.807) is 12.1 Å². The van der Waals surface area contributed by atoms with Crippen molar-refractivity contribution >= 4 is 5.84 Å². The molecule has 0 fully saturated rings. The van der Waals surface area contributed by atoms with Crippen molar-refractivity contribution in [2.75, 3.05) is 0 Å². The molecule has 1 heterocycles. The number of halogens is 3. The van der Waals surface area contributed by atoms with Gasteiger partial charge in [-0.25, -0.2) is 0 Å². The molecule has 36 heavy (non-hydrogen) atoms. The van der Waals surface area contributed by atoms with Crippen LogP contribution in [0.2, 0.25) is 0 Å². The van der Waals surface area contributed by atoms with Gasteiger partial charge >= 0.3 is 6.18 Å². The lowest BCUT2D eigenvalue weighted by Crippen LogP contribution is -2.10. The first kappa shape index (κ1) is 29.1. The Morgan fingerprint density at radius 2 is 1.61 bits per heavy atom. The molecular formula is C28H37F3N4O. The van der Waals surface area contributed by atoms with Gasteiger partial charge in [-0.2, -0.15) is 18.2 Å². The average Bonchev–Trinajstić information content (AvgIpc) is 3.32. The highest BCUT2D eigenvalue weighted by molar-refractivity contribution is 5.73. The maximum atomic E-state index is 13.8. The molecule has 3 rings (SSSR count). The minimum absolute atomic E-state index is 0.0845. The monoisotopic (exact) mass is 502 g/mol. The maximum absolute atomic E-state index is 13.8. The molecule has 0 spiro atoms. The minimum Gasteiger partial charge on any atom is -0.388 e. The molecule has 8 heteroatoms. The minimum atomic E-state index is -4.45. The zero-order valence-corrected chi connectivity index (χ0v) is 21.6. The number of rotatable bonds is 10. The van der Waals surface area contributed by atoms with Gasteiger partial charge in [-0.3, -0.25) is 5.41 Å². The largest absolute Gasteiger partial charge is 0.416 e. The van der Waals surface area contributed by atoms with Crippen LogP contribution in [0.3, 0.4) is 0 Å². The fourth-order valence-corrected chi connectivity index (χ4v) is 3.82. The third-order valence-corrected chi connectivity index (χ3v) is 5.77. The molecule has 0 radical (unpaired) electrons. The van der Waals surface area contributed by atoms with E-state index in [2.05, 4.69) is 36.1 Å². The zero-order valence-electron chi connectivity index (χ0n) is 21.6. The Labute approximate surface area is 211 Å². The van der Waals surface area contributed by atoms with E-state index >= 15 is 0 Å². The lowest BCUT2D eigenvalue weighted by molar-refractivity contribution is -0.138. The Bertz CT molecular complexity index is 1090. The third-order valence-electron chi connectivity index (χ3n) is 5.77. The first-order valence-electron chi connectivity index (χ1n) is 12.5. The molecule has 2 aromatic carbocycles. The molecule has 196 valence electrons. The van der Waals surface area contributed by atoms with E-state index in [-0.39, 0.29) is 23.1 Å². The summed E-state index contributed by atoms with van der Waals surface area (Å²) in [6.45, 7) is 7.75. The summed E-state index contributed by atoms with van der Waals surface area (Å²) in [5, 5.41) is 10.2. The number of hydrogen-bond donors (Lipinski definition) is 2. The first-order chi connectivity index (χ1) is 17.0. The Kier molecular flexibility index (Phi) is 11.1. The van der Waals surface area contributed by atoms with E-state index in [1.165, 1.54) is 12.5 Å². The highest BCUT2D eigenvalue weighted by Crippen LogP contribution is 2.35. The highest BCUT2D eigenvalue weighted by atomic mass is 19.4. The Morgan fingerprint density at radius 1 is 1.00 bits per heavy atom. The van der Waals surface area contributed by atoms with Crippen LogP contribution in [-0.2, 0) is 25.4 Å². The molecule has 0 bridgehead atoms. The molecule has 1 atom stereocenters. The molecule has 0 aliphatic rings. The second-order valence-corrected chi connectivity index (χ2v) is 9.12. The molecule has 0 unspecified atom stereocenters. The first-order valence-corrected chi connectivity index (χ1v) is 12.5. The van der Waals surface area contributed by atoms with Crippen molar-refractivity contribution in [2.24, 2.45) is 5.73 Å². The van der Waals surface area contributed by atoms with Gasteiger partial charge < -0.3 is 10.3 Å². The smallest absolute Gasteiger partial charge is 0.388 e. The molecule has 3 aromatic rings. The summed E-state index contributed by atoms with van der Waals surface area (Å²) in [6.07, 6.45) is 1.50. The second kappa shape index (κ2) is 13.8. The number of aromatic nitrogens is 2. The van der Waals surface area contributed by atoms with E-state index in [0.29, 0.717) is 24.3 Å². The van der Waals surface area contributed by atoms with Crippen LogP contribution in [0.4, 0.5) is 13.2 Å². The van der Waals surface area contributed by atoms with Gasteiger partial charge in [0.15, 0.2) is 0 Å². The summed E-state index contributed by atoms with van der Waals surface area (Å²) >= 11 is 0. The molecule has 0 aliphatic heterocycles. The zero-order chi connectivity index (χ0) is 26.7. The number of nitrogens with two attached hydrogens (primary N) is 1. The van der Waals surface area contributed by atoms with Gasteiger partial charge in [0.2, 0.25) is 11.7 Å². The fourth-order valence-electron chi connectivity index (χ4n) is 3.82. The van der Waals surface area contributed by atoms with Gasteiger partial charge in [-0.05, 0) is 55.4 Å². The van der Waals surface area contributed by atoms with Crippen LogP contribution in [-0.4, -0.2) is 16.0 Å². The predicted molar refractivity (Wildman–Crippen MR) is 138 cm³/mol. The van der Waals surface area contributed by atoms with Crippen molar-refractivity contribution in [1.82, 2.24) is 10.1 Å². The molecule has 1 aromatic heterocycles. The summed E-state index contributed by atoms with van der Waals surface area (Å²) in [7, 11) is 0. The Hall–Kier alpha value is -3.16. The van der Waals surface area contributed by atoms with E-state index in [9.17, 15) is 13.2 Å². The lowest BCUT2D eigenvalue weighted by Gasteiger charge is -2.14. The van der Waals surface area contributed by atoms with Crippen LogP contribution < -0.4 is 5.73 Å². The maximum Gasteiger partial charge on any atom is 0.416 e. The Balaban J connectivity index is 0.00000106. The molecule has 0 amide bonds. The van der Waals surface area contributed by atoms with E-state index in [1.807, 2.05) is 19.1 Å². The van der Waals surface area contributed by atoms with Crippen molar-refractivity contribution < 1.29 is 17.7 Å². The van der Waals surface area contributed by atoms with Crippen molar-refractivity contribution in [2.45, 2.75) is 84.7 Å². The summed E-state index contributed by atoms with van der Waals surface area (Å²) in [4.78, 5) is 4.36. The van der Waals surface area contributed by atoms with Crippen molar-refractivity contribution in [3.63, 3.8) is 0 Å². The quantitative estimate of drug-likeness (QED) is 0.219. The van der Waals surface area contributed by atoms with Crippen LogP contribution in [0.1, 0.15) is 87.4 Å². The van der Waals surface area contributed by atoms with E-state index in [4.69, 9.17) is 15.7 Å². The molecule has 3 N–H and O–H groups in total. The third kappa shape index (κ3) is 9.13. The standard InChI is InChI=1S/C26H31F3N2O.C2H6N2/c1-4-6-8-18(3)25-30-24(31-32-25)22-16-15-21(23(17-22)26(27,28)29)14-13-20-11-9-19(7-5-2)10-12-20;1-2(3)4/h9-12,15-18H,4-8,13-14H2,1-3H3;1H3,(H3,3,4)/t18-;/m0./s1. The summed E-state index contributed by atoms with van der Waals surface area (Å²) in [5.74, 6) is 0.922. The number of amidine groups is 1. The summed E-state index contributed by atoms with van der Waals surface area (Å²) in [6, 6.07) is 12.5. The van der Waals surface area contributed by atoms with Gasteiger partial charge in [-0.15, -0.1) is 0 Å². The highest BCUT2D eigenvalue weighted by Gasteiger charge is 2.34. The van der Waals surface area contributed by atoms with Crippen molar-refractivity contribution in [1.29, 1.82) is 5.41 Å². The summed E-state index contributed by atoms with van der Waals surface area (Å²) in [5.41, 5.74) is 6.94. The van der Waals surface area contributed by atoms with Crippen LogP contribution in [0.25, 0.3) is 11.4 Å². The SMILES string of the molecule is CC(=N)N.CCCC[C@H](C)c1nc(-c2ccc(CCc3ccc(CCC)cc3)c(C(F)(F)F)c2)no1. The number of benzene rings is 2. The number of nitrogens with zero attached hydrogens (tertiary/aromatic N) is 2. The van der Waals surface area contributed by atoms with Gasteiger partial charge in [0.05, 0.1) is 11.4 Å². The summed E-state index contributed by atoms with van der Waals surface area (Å²) < 4.78 is 46.8. The lowest BCUT2D eigenvalue weighted by atomic mass is 9.96. The number of hydrogen-bond acceptors (Lipinski definition) is 4. The van der Waals surface area contributed by atoms with Gasteiger partial charge in [0.1, 0.15) is 0 Å². The topological polar surface area (TPSA) is 88.8 Å². The number of unbranched alkanes of at least 4 members (excludes halogenated alkanes) is 1. The molecule has 5 nitrogen and oxygen atoms in total. The second-order valence-electron chi connectivity index (χ2n) is 9.12. The van der Waals surface area contributed by atoms with Crippen LogP contribution >= 0.6 is 0 Å². The van der Waals surface area contributed by atoms with Crippen LogP contribution in [0, 0.1) is 5.41 Å². The van der Waals surface area contributed by atoms with Crippen LogP contribution in [0.5, 0.6) is 0 Å². The predicted octanol–water partition coefficient (Wildman–Crippen LogP) is 7.73. The molecular weight excluding hydrogens is 465 g/mol. The molecule has 0 saturated carbocycles. The van der Waals surface area contributed by atoms with Gasteiger partial charge in [0.25, 0.3) is 0 Å². The van der Waals surface area contributed by atoms with Gasteiger partial charge in [-0.1, -0.05) is 81.6 Å². The van der Waals surface area contributed by atoms with Crippen molar-refractivity contribution in [3.05, 3.63) is 70.6 Å². The number of aryl methyl sites for hydroxylation is 3. The van der Waals surface area contributed by atoms with E-state index in [0.717, 1.165) is 43.7 Å². The fraction of sp³-hybridized carbons (Fsp3) is 0.464. The van der Waals surface area contributed by atoms with E-state index < -0.39 is 11.7 Å². The average molecular weight is 503 g/mol.